The maximum absolute atomic E-state index is 13.9. The number of amides is 1. The van der Waals surface area contributed by atoms with Crippen LogP contribution >= 0.6 is 11.6 Å². The number of hydrogen-bond acceptors (Lipinski definition) is 4. The van der Waals surface area contributed by atoms with Gasteiger partial charge in [0.15, 0.2) is 12.4 Å². The second-order valence-electron chi connectivity index (χ2n) is 5.20. The van der Waals surface area contributed by atoms with Gasteiger partial charge in [-0.25, -0.2) is 9.18 Å². The molecular formula is C18H17ClFNO4. The summed E-state index contributed by atoms with van der Waals surface area (Å²) in [4.78, 5) is 22.9. The number of hydrogen-bond donors (Lipinski definition) is 1. The normalized spacial score (nSPS) is 11.5. The van der Waals surface area contributed by atoms with Gasteiger partial charge in [0.05, 0.1) is 12.1 Å². The van der Waals surface area contributed by atoms with Gasteiger partial charge in [-0.05, 0) is 29.3 Å². The first-order valence-electron chi connectivity index (χ1n) is 7.49. The topological polar surface area (TPSA) is 64.6 Å². The second kappa shape index (κ2) is 9.03. The van der Waals surface area contributed by atoms with Gasteiger partial charge in [-0.15, -0.1) is 0 Å². The van der Waals surface area contributed by atoms with Crippen LogP contribution in [0.2, 0.25) is 5.02 Å². The van der Waals surface area contributed by atoms with Crippen LogP contribution in [-0.4, -0.2) is 25.6 Å². The SMILES string of the molecule is COc1ccc(CNC(=O)OC(C=O)Cc2cccc(Cl)c2F)cc1. The highest BCUT2D eigenvalue weighted by Crippen LogP contribution is 2.19. The molecule has 0 aliphatic heterocycles. The molecular weight excluding hydrogens is 349 g/mol. The van der Waals surface area contributed by atoms with Crippen LogP contribution in [0.5, 0.6) is 5.75 Å². The van der Waals surface area contributed by atoms with Crippen LogP contribution in [0.15, 0.2) is 42.5 Å². The molecule has 0 radical (unpaired) electrons. The summed E-state index contributed by atoms with van der Waals surface area (Å²) in [5.74, 6) is 0.0779. The molecule has 0 aliphatic carbocycles. The number of nitrogens with one attached hydrogen (secondary N) is 1. The fourth-order valence-electron chi connectivity index (χ4n) is 2.14. The van der Waals surface area contributed by atoms with Crippen molar-refractivity contribution < 1.29 is 23.5 Å². The summed E-state index contributed by atoms with van der Waals surface area (Å²) in [6.07, 6.45) is -1.52. The summed E-state index contributed by atoms with van der Waals surface area (Å²) in [7, 11) is 1.56. The van der Waals surface area contributed by atoms with E-state index in [2.05, 4.69) is 5.32 Å². The van der Waals surface area contributed by atoms with Crippen LogP contribution < -0.4 is 10.1 Å². The van der Waals surface area contributed by atoms with Gasteiger partial charge in [-0.3, -0.25) is 4.79 Å². The Hall–Kier alpha value is -2.60. The standard InChI is InChI=1S/C18H17ClFNO4/c1-24-14-7-5-12(6-8-14)10-21-18(23)25-15(11-22)9-13-3-2-4-16(19)17(13)20/h2-8,11,15H,9-10H2,1H3,(H,21,23). The fraction of sp³-hybridized carbons (Fsp3) is 0.222. The van der Waals surface area contributed by atoms with E-state index in [1.54, 1.807) is 37.4 Å². The fourth-order valence-corrected chi connectivity index (χ4v) is 2.33. The highest BCUT2D eigenvalue weighted by atomic mass is 35.5. The van der Waals surface area contributed by atoms with E-state index < -0.39 is 18.0 Å². The predicted molar refractivity (Wildman–Crippen MR) is 91.3 cm³/mol. The molecule has 0 spiro atoms. The van der Waals surface area contributed by atoms with Crippen LogP contribution in [0, 0.1) is 5.82 Å². The first-order valence-corrected chi connectivity index (χ1v) is 7.87. The Morgan fingerprint density at radius 1 is 1.28 bits per heavy atom. The molecule has 1 N–H and O–H groups in total. The Balaban J connectivity index is 1.88. The zero-order valence-electron chi connectivity index (χ0n) is 13.5. The number of alkyl carbamates (subject to hydrolysis) is 1. The molecule has 132 valence electrons. The summed E-state index contributed by atoms with van der Waals surface area (Å²) < 4.78 is 23.9. The highest BCUT2D eigenvalue weighted by Gasteiger charge is 2.17. The van der Waals surface area contributed by atoms with Crippen molar-refractivity contribution in [2.24, 2.45) is 0 Å². The van der Waals surface area contributed by atoms with Crippen molar-refractivity contribution in [3.8, 4) is 5.75 Å². The largest absolute Gasteiger partial charge is 0.497 e. The van der Waals surface area contributed by atoms with Gasteiger partial charge in [0.25, 0.3) is 0 Å². The van der Waals surface area contributed by atoms with Crippen molar-refractivity contribution in [3.63, 3.8) is 0 Å². The summed E-state index contributed by atoms with van der Waals surface area (Å²) in [6.45, 7) is 0.222. The average molecular weight is 366 g/mol. The van der Waals surface area contributed by atoms with Crippen LogP contribution in [0.1, 0.15) is 11.1 Å². The molecule has 0 fully saturated rings. The van der Waals surface area contributed by atoms with Gasteiger partial charge in [-0.1, -0.05) is 35.9 Å². The molecule has 0 aromatic heterocycles. The maximum atomic E-state index is 13.9. The van der Waals surface area contributed by atoms with Gasteiger partial charge < -0.3 is 14.8 Å². The minimum Gasteiger partial charge on any atom is -0.497 e. The van der Waals surface area contributed by atoms with E-state index >= 15 is 0 Å². The van der Waals surface area contributed by atoms with Crippen molar-refractivity contribution >= 4 is 24.0 Å². The Labute approximate surface area is 149 Å². The number of aldehydes is 1. The number of carbonyl (C=O) groups excluding carboxylic acids is 2. The summed E-state index contributed by atoms with van der Waals surface area (Å²) >= 11 is 5.69. The molecule has 1 amide bonds. The molecule has 0 heterocycles. The molecule has 0 aliphatic rings. The second-order valence-corrected chi connectivity index (χ2v) is 5.61. The van der Waals surface area contributed by atoms with Crippen LogP contribution in [0.3, 0.4) is 0 Å². The predicted octanol–water partition coefficient (Wildman–Crippen LogP) is 3.52. The number of ether oxygens (including phenoxy) is 2. The lowest BCUT2D eigenvalue weighted by Crippen LogP contribution is -2.30. The van der Waals surface area contributed by atoms with Crippen molar-refractivity contribution in [2.75, 3.05) is 7.11 Å². The molecule has 2 aromatic rings. The molecule has 1 atom stereocenters. The summed E-state index contributed by atoms with van der Waals surface area (Å²) in [5.41, 5.74) is 1.04. The van der Waals surface area contributed by atoms with Crippen molar-refractivity contribution in [2.45, 2.75) is 19.1 Å². The molecule has 7 heteroatoms. The number of carbonyl (C=O) groups is 2. The molecule has 0 bridgehead atoms. The number of benzene rings is 2. The third-order valence-electron chi connectivity index (χ3n) is 3.46. The van der Waals surface area contributed by atoms with Gasteiger partial charge in [0.1, 0.15) is 11.6 Å². The lowest BCUT2D eigenvalue weighted by atomic mass is 10.1. The highest BCUT2D eigenvalue weighted by molar-refractivity contribution is 6.30. The van der Waals surface area contributed by atoms with E-state index in [9.17, 15) is 14.0 Å². The number of halogens is 2. The maximum Gasteiger partial charge on any atom is 0.408 e. The molecule has 2 rings (SSSR count). The van der Waals surface area contributed by atoms with Gasteiger partial charge in [0.2, 0.25) is 0 Å². The average Bonchev–Trinajstić information content (AvgIpc) is 2.63. The minimum atomic E-state index is -1.11. The van der Waals surface area contributed by atoms with E-state index in [4.69, 9.17) is 21.1 Å². The zero-order chi connectivity index (χ0) is 18.2. The van der Waals surface area contributed by atoms with Crippen molar-refractivity contribution in [1.29, 1.82) is 0 Å². The number of methoxy groups -OCH3 is 1. The Morgan fingerprint density at radius 2 is 2.00 bits per heavy atom. The first-order chi connectivity index (χ1) is 12.0. The Bertz CT molecular complexity index is 736. The van der Waals surface area contributed by atoms with E-state index in [1.165, 1.54) is 12.1 Å². The van der Waals surface area contributed by atoms with E-state index in [-0.39, 0.29) is 23.6 Å². The zero-order valence-corrected chi connectivity index (χ0v) is 14.3. The smallest absolute Gasteiger partial charge is 0.408 e. The van der Waals surface area contributed by atoms with Gasteiger partial charge >= 0.3 is 6.09 Å². The van der Waals surface area contributed by atoms with Crippen LogP contribution in [0.4, 0.5) is 9.18 Å². The Kier molecular flexibility index (Phi) is 6.77. The van der Waals surface area contributed by atoms with E-state index in [0.29, 0.717) is 12.0 Å². The van der Waals surface area contributed by atoms with E-state index in [1.807, 2.05) is 0 Å². The third-order valence-corrected chi connectivity index (χ3v) is 3.75. The summed E-state index contributed by atoms with van der Waals surface area (Å²) in [6, 6.07) is 11.5. The van der Waals surface area contributed by atoms with Crippen LogP contribution in [0.25, 0.3) is 0 Å². The molecule has 2 aromatic carbocycles. The van der Waals surface area contributed by atoms with E-state index in [0.717, 1.165) is 5.56 Å². The molecule has 0 saturated heterocycles. The molecule has 0 saturated carbocycles. The van der Waals surface area contributed by atoms with Crippen molar-refractivity contribution in [3.05, 3.63) is 64.4 Å². The third kappa shape index (κ3) is 5.46. The first kappa shape index (κ1) is 18.7. The lowest BCUT2D eigenvalue weighted by Gasteiger charge is -2.14. The minimum absolute atomic E-state index is 0.0499. The number of rotatable bonds is 7. The Morgan fingerprint density at radius 3 is 2.64 bits per heavy atom. The molecule has 5 nitrogen and oxygen atoms in total. The quantitative estimate of drug-likeness (QED) is 0.762. The van der Waals surface area contributed by atoms with Gasteiger partial charge in [0, 0.05) is 13.0 Å². The van der Waals surface area contributed by atoms with Gasteiger partial charge in [-0.2, -0.15) is 0 Å². The molecule has 25 heavy (non-hydrogen) atoms. The lowest BCUT2D eigenvalue weighted by molar-refractivity contribution is -0.115. The molecule has 1 unspecified atom stereocenters. The monoisotopic (exact) mass is 365 g/mol. The summed E-state index contributed by atoms with van der Waals surface area (Å²) in [5, 5.41) is 2.48. The van der Waals surface area contributed by atoms with Crippen LogP contribution in [-0.2, 0) is 22.5 Å². The van der Waals surface area contributed by atoms with Crippen molar-refractivity contribution in [1.82, 2.24) is 5.32 Å².